The monoisotopic (exact) mass is 462 g/mol. The molecule has 0 atom stereocenters. The summed E-state index contributed by atoms with van der Waals surface area (Å²) in [6, 6.07) is 11.1. The van der Waals surface area contributed by atoms with Gasteiger partial charge in [0.25, 0.3) is 11.8 Å². The molecule has 31 heavy (non-hydrogen) atoms. The first-order valence-electron chi connectivity index (χ1n) is 9.54. The van der Waals surface area contributed by atoms with Crippen molar-refractivity contribution < 1.29 is 24.6 Å². The minimum absolute atomic E-state index is 0.0286. The molecule has 0 unspecified atom stereocenters. The Morgan fingerprint density at radius 1 is 1.10 bits per heavy atom. The van der Waals surface area contributed by atoms with Crippen LogP contribution >= 0.6 is 23.2 Å². The summed E-state index contributed by atoms with van der Waals surface area (Å²) in [7, 11) is 0. The Hall–Kier alpha value is -3.03. The van der Waals surface area contributed by atoms with E-state index in [0.717, 1.165) is 0 Å². The largest absolute Gasteiger partial charge is 0.503 e. The van der Waals surface area contributed by atoms with Crippen LogP contribution in [-0.4, -0.2) is 41.1 Å². The minimum atomic E-state index is -0.962. The highest BCUT2D eigenvalue weighted by atomic mass is 35.5. The van der Waals surface area contributed by atoms with Gasteiger partial charge in [-0.2, -0.15) is 0 Å². The van der Waals surface area contributed by atoms with Gasteiger partial charge in [-0.25, -0.2) is 0 Å². The quantitative estimate of drug-likeness (QED) is 0.641. The van der Waals surface area contributed by atoms with Gasteiger partial charge in [-0.05, 0) is 42.3 Å². The summed E-state index contributed by atoms with van der Waals surface area (Å²) in [5.41, 5.74) is 1.50. The molecule has 162 valence electrons. The molecule has 0 saturated heterocycles. The molecule has 1 aliphatic rings. The van der Waals surface area contributed by atoms with Gasteiger partial charge in [0.15, 0.2) is 5.76 Å². The number of carbonyl (C=O) groups excluding carboxylic acids is 2. The van der Waals surface area contributed by atoms with Crippen molar-refractivity contribution in [2.75, 3.05) is 22.9 Å². The van der Waals surface area contributed by atoms with Gasteiger partial charge in [-0.3, -0.25) is 14.4 Å². The van der Waals surface area contributed by atoms with E-state index in [-0.39, 0.29) is 23.6 Å². The number of rotatable bonds is 7. The van der Waals surface area contributed by atoms with Crippen LogP contribution in [0.3, 0.4) is 0 Å². The lowest BCUT2D eigenvalue weighted by molar-refractivity contribution is -0.136. The fourth-order valence-corrected chi connectivity index (χ4v) is 3.59. The van der Waals surface area contributed by atoms with Crippen molar-refractivity contribution in [2.45, 2.75) is 19.8 Å². The number of carboxylic acid groups (broad SMARTS) is 1. The Kier molecular flexibility index (Phi) is 6.87. The summed E-state index contributed by atoms with van der Waals surface area (Å²) in [4.78, 5) is 39.4. The molecule has 1 aliphatic heterocycles. The summed E-state index contributed by atoms with van der Waals surface area (Å²) < 4.78 is 0. The molecule has 0 fully saturated rings. The van der Waals surface area contributed by atoms with Crippen LogP contribution < -0.4 is 9.80 Å². The van der Waals surface area contributed by atoms with Crippen LogP contribution in [-0.2, 0) is 20.8 Å². The van der Waals surface area contributed by atoms with E-state index in [1.54, 1.807) is 42.5 Å². The summed E-state index contributed by atoms with van der Waals surface area (Å²) in [6.07, 6.45) is 0.500. The summed E-state index contributed by atoms with van der Waals surface area (Å²) in [6.45, 7) is 2.14. The molecule has 2 aromatic rings. The van der Waals surface area contributed by atoms with Crippen molar-refractivity contribution >= 4 is 52.4 Å². The van der Waals surface area contributed by atoms with E-state index >= 15 is 0 Å². The van der Waals surface area contributed by atoms with Crippen molar-refractivity contribution in [2.24, 2.45) is 0 Å². The number of aliphatic hydroxyl groups excluding tert-OH is 1. The lowest BCUT2D eigenvalue weighted by Crippen LogP contribution is -2.35. The van der Waals surface area contributed by atoms with E-state index in [1.807, 2.05) is 6.92 Å². The molecule has 7 nitrogen and oxygen atoms in total. The third-order valence-corrected chi connectivity index (χ3v) is 5.56. The summed E-state index contributed by atoms with van der Waals surface area (Å²) >= 11 is 12.1. The zero-order chi connectivity index (χ0) is 22.7. The van der Waals surface area contributed by atoms with Crippen molar-refractivity contribution in [1.82, 2.24) is 0 Å². The third-order valence-electron chi connectivity index (χ3n) is 4.82. The topological polar surface area (TPSA) is 98.2 Å². The van der Waals surface area contributed by atoms with E-state index in [2.05, 4.69) is 0 Å². The highest BCUT2D eigenvalue weighted by Crippen LogP contribution is 2.31. The van der Waals surface area contributed by atoms with Crippen molar-refractivity contribution in [3.63, 3.8) is 0 Å². The first-order valence-corrected chi connectivity index (χ1v) is 10.3. The molecule has 0 aromatic heterocycles. The predicted molar refractivity (Wildman–Crippen MR) is 119 cm³/mol. The van der Waals surface area contributed by atoms with Crippen LogP contribution in [0.4, 0.5) is 11.4 Å². The average Bonchev–Trinajstić information content (AvgIpc) is 3.03. The van der Waals surface area contributed by atoms with Crippen LogP contribution in [0.25, 0.3) is 0 Å². The normalized spacial score (nSPS) is 13.6. The van der Waals surface area contributed by atoms with Crippen LogP contribution in [0.1, 0.15) is 18.9 Å². The number of amides is 2. The van der Waals surface area contributed by atoms with Crippen LogP contribution in [0.15, 0.2) is 53.8 Å². The number of benzene rings is 2. The van der Waals surface area contributed by atoms with Gasteiger partial charge >= 0.3 is 5.97 Å². The molecule has 2 amide bonds. The van der Waals surface area contributed by atoms with E-state index in [9.17, 15) is 19.5 Å². The molecular weight excluding hydrogens is 443 g/mol. The highest BCUT2D eigenvalue weighted by Gasteiger charge is 2.37. The van der Waals surface area contributed by atoms with E-state index in [4.69, 9.17) is 28.3 Å². The van der Waals surface area contributed by atoms with E-state index < -0.39 is 23.5 Å². The molecule has 3 rings (SSSR count). The molecule has 0 spiro atoms. The smallest absolute Gasteiger partial charge is 0.307 e. The summed E-state index contributed by atoms with van der Waals surface area (Å²) in [5, 5.41) is 19.9. The molecule has 0 bridgehead atoms. The molecule has 2 aromatic carbocycles. The maximum Gasteiger partial charge on any atom is 0.307 e. The number of carbonyl (C=O) groups is 3. The zero-order valence-electron chi connectivity index (χ0n) is 16.6. The zero-order valence-corrected chi connectivity index (χ0v) is 18.2. The maximum absolute atomic E-state index is 13.2. The number of aliphatic carboxylic acids is 1. The number of aliphatic hydroxyl groups is 1. The molecule has 2 N–H and O–H groups in total. The van der Waals surface area contributed by atoms with Gasteiger partial charge in [-0.15, -0.1) is 0 Å². The third kappa shape index (κ3) is 4.84. The Labute approximate surface area is 189 Å². The van der Waals surface area contributed by atoms with Crippen molar-refractivity contribution in [3.8, 4) is 0 Å². The number of halogens is 2. The number of anilines is 2. The average molecular weight is 463 g/mol. The molecular formula is C22H20Cl2N2O5. The first-order chi connectivity index (χ1) is 14.7. The number of hydrogen-bond acceptors (Lipinski definition) is 4. The van der Waals surface area contributed by atoms with E-state index in [0.29, 0.717) is 34.9 Å². The highest BCUT2D eigenvalue weighted by molar-refractivity contribution is 6.42. The van der Waals surface area contributed by atoms with Gasteiger partial charge in [-0.1, -0.05) is 42.3 Å². The lowest BCUT2D eigenvalue weighted by atomic mass is 10.1. The van der Waals surface area contributed by atoms with Crippen molar-refractivity contribution in [3.05, 3.63) is 69.4 Å². The second-order valence-electron chi connectivity index (χ2n) is 7.01. The van der Waals surface area contributed by atoms with Crippen LogP contribution in [0.2, 0.25) is 10.0 Å². The SMILES string of the molecule is CCCN(C(=O)C1=C(O)C(=O)N(c2ccc(CC(=O)O)cc2)C1)c1ccc(Cl)c(Cl)c1. The fourth-order valence-electron chi connectivity index (χ4n) is 3.29. The molecule has 0 radical (unpaired) electrons. The van der Waals surface area contributed by atoms with Crippen LogP contribution in [0.5, 0.6) is 0 Å². The second-order valence-corrected chi connectivity index (χ2v) is 7.83. The number of hydrogen-bond donors (Lipinski definition) is 2. The number of carboxylic acids is 1. The Morgan fingerprint density at radius 2 is 1.77 bits per heavy atom. The van der Waals surface area contributed by atoms with Gasteiger partial charge in [0, 0.05) is 17.9 Å². The van der Waals surface area contributed by atoms with Gasteiger partial charge in [0.1, 0.15) is 0 Å². The fraction of sp³-hybridized carbons (Fsp3) is 0.227. The minimum Gasteiger partial charge on any atom is -0.503 e. The van der Waals surface area contributed by atoms with Crippen molar-refractivity contribution in [1.29, 1.82) is 0 Å². The number of nitrogens with zero attached hydrogens (tertiary/aromatic N) is 2. The Bertz CT molecular complexity index is 1070. The standard InChI is InChI=1S/C22H20Cl2N2O5/c1-2-9-25(15-7-8-17(23)18(24)11-15)21(30)16-12-26(22(31)20(16)29)14-5-3-13(4-6-14)10-19(27)28/h3-8,11,29H,2,9-10,12H2,1H3,(H,27,28). The second kappa shape index (κ2) is 9.41. The van der Waals surface area contributed by atoms with Gasteiger partial charge in [0.05, 0.1) is 28.6 Å². The Balaban J connectivity index is 1.85. The van der Waals surface area contributed by atoms with E-state index in [1.165, 1.54) is 9.80 Å². The maximum atomic E-state index is 13.2. The first kappa shape index (κ1) is 22.7. The summed E-state index contributed by atoms with van der Waals surface area (Å²) in [5.74, 6) is -2.77. The lowest BCUT2D eigenvalue weighted by Gasteiger charge is -2.24. The van der Waals surface area contributed by atoms with Gasteiger partial charge < -0.3 is 20.0 Å². The Morgan fingerprint density at radius 3 is 2.35 bits per heavy atom. The molecule has 9 heteroatoms. The molecule has 0 saturated carbocycles. The molecule has 1 heterocycles. The van der Waals surface area contributed by atoms with Gasteiger partial charge in [0.2, 0.25) is 0 Å². The molecule has 0 aliphatic carbocycles. The van der Waals surface area contributed by atoms with Crippen LogP contribution in [0, 0.1) is 0 Å². The predicted octanol–water partition coefficient (Wildman–Crippen LogP) is 4.22.